The summed E-state index contributed by atoms with van der Waals surface area (Å²) < 4.78 is 0. The summed E-state index contributed by atoms with van der Waals surface area (Å²) in [7, 11) is 0. The largest absolute Gasteiger partial charge is 0.322 e. The molecule has 0 aliphatic rings. The molecular formula is C15H20N2. The fourth-order valence-electron chi connectivity index (χ4n) is 2.16. The van der Waals surface area contributed by atoms with Crippen molar-refractivity contribution in [2.45, 2.75) is 39.7 Å². The number of nitrogens with two attached hydrogens (primary N) is 1. The van der Waals surface area contributed by atoms with E-state index in [4.69, 9.17) is 5.73 Å². The van der Waals surface area contributed by atoms with Crippen LogP contribution in [0.5, 0.6) is 0 Å². The van der Waals surface area contributed by atoms with Gasteiger partial charge in [0.1, 0.15) is 0 Å². The molecule has 0 radical (unpaired) electrons. The molecule has 0 aliphatic heterocycles. The quantitative estimate of drug-likeness (QED) is 0.856. The number of nitrogens with zero attached hydrogens (tertiary/aromatic N) is 1. The molecule has 0 atom stereocenters. The summed E-state index contributed by atoms with van der Waals surface area (Å²) >= 11 is 0. The van der Waals surface area contributed by atoms with Crippen molar-refractivity contribution in [3.63, 3.8) is 0 Å². The number of hydrogen-bond donors (Lipinski definition) is 1. The van der Waals surface area contributed by atoms with Crippen LogP contribution < -0.4 is 5.73 Å². The molecule has 0 amide bonds. The molecule has 17 heavy (non-hydrogen) atoms. The van der Waals surface area contributed by atoms with Gasteiger partial charge in [0.15, 0.2) is 0 Å². The van der Waals surface area contributed by atoms with Crippen molar-refractivity contribution in [1.29, 1.82) is 0 Å². The fraction of sp³-hybridized carbons (Fsp3) is 0.400. The van der Waals surface area contributed by atoms with E-state index < -0.39 is 0 Å². The summed E-state index contributed by atoms with van der Waals surface area (Å²) in [5.74, 6) is 0. The molecular weight excluding hydrogens is 208 g/mol. The Kier molecular flexibility index (Phi) is 2.92. The number of pyridine rings is 1. The van der Waals surface area contributed by atoms with Gasteiger partial charge in [-0.25, -0.2) is 0 Å². The van der Waals surface area contributed by atoms with Gasteiger partial charge in [0, 0.05) is 16.6 Å². The third-order valence-electron chi connectivity index (χ3n) is 3.10. The lowest BCUT2D eigenvalue weighted by Crippen LogP contribution is -2.29. The number of rotatable bonds is 2. The molecule has 90 valence electrons. The van der Waals surface area contributed by atoms with E-state index >= 15 is 0 Å². The second-order valence-corrected chi connectivity index (χ2v) is 5.24. The second kappa shape index (κ2) is 4.11. The Morgan fingerprint density at radius 1 is 1.24 bits per heavy atom. The molecule has 0 saturated carbocycles. The Morgan fingerprint density at radius 3 is 2.53 bits per heavy atom. The van der Waals surface area contributed by atoms with Crippen LogP contribution in [0.3, 0.4) is 0 Å². The minimum atomic E-state index is -0.335. The van der Waals surface area contributed by atoms with Gasteiger partial charge in [-0.3, -0.25) is 4.98 Å². The lowest BCUT2D eigenvalue weighted by molar-refractivity contribution is 0.558. The second-order valence-electron chi connectivity index (χ2n) is 5.24. The molecule has 0 unspecified atom stereocenters. The third-order valence-corrected chi connectivity index (χ3v) is 3.10. The van der Waals surface area contributed by atoms with Crippen LogP contribution in [0.4, 0.5) is 0 Å². The first kappa shape index (κ1) is 12.1. The first-order valence-electron chi connectivity index (χ1n) is 6.11. The zero-order valence-electron chi connectivity index (χ0n) is 11.0. The van der Waals surface area contributed by atoms with Crippen LogP contribution in [-0.4, -0.2) is 4.98 Å². The Hall–Kier alpha value is -1.41. The van der Waals surface area contributed by atoms with E-state index in [2.05, 4.69) is 36.2 Å². The molecule has 1 aromatic heterocycles. The maximum Gasteiger partial charge on any atom is 0.0708 e. The van der Waals surface area contributed by atoms with Crippen LogP contribution >= 0.6 is 0 Å². The minimum absolute atomic E-state index is 0.335. The van der Waals surface area contributed by atoms with Crippen molar-refractivity contribution in [3.05, 3.63) is 41.1 Å². The molecule has 2 rings (SSSR count). The maximum atomic E-state index is 6.26. The normalized spacial score (nSPS) is 12.1. The Bertz CT molecular complexity index is 551. The summed E-state index contributed by atoms with van der Waals surface area (Å²) in [6, 6.07) is 8.55. The van der Waals surface area contributed by atoms with E-state index in [0.717, 1.165) is 17.6 Å². The molecule has 0 saturated heterocycles. The molecule has 0 fully saturated rings. The minimum Gasteiger partial charge on any atom is -0.322 e. The van der Waals surface area contributed by atoms with Crippen LogP contribution in [0.15, 0.2) is 24.3 Å². The van der Waals surface area contributed by atoms with Crippen LogP contribution in [0.25, 0.3) is 10.9 Å². The van der Waals surface area contributed by atoms with Crippen LogP contribution in [0.1, 0.15) is 37.6 Å². The van der Waals surface area contributed by atoms with Crippen molar-refractivity contribution in [2.75, 3.05) is 0 Å². The summed E-state index contributed by atoms with van der Waals surface area (Å²) in [6.45, 7) is 8.26. The van der Waals surface area contributed by atoms with E-state index in [1.807, 2.05) is 20.8 Å². The van der Waals surface area contributed by atoms with Gasteiger partial charge in [-0.1, -0.05) is 13.0 Å². The topological polar surface area (TPSA) is 38.9 Å². The van der Waals surface area contributed by atoms with Gasteiger partial charge < -0.3 is 5.73 Å². The number of benzene rings is 1. The monoisotopic (exact) mass is 228 g/mol. The number of fused-ring (bicyclic) bond motifs is 1. The van der Waals surface area contributed by atoms with Crippen molar-refractivity contribution in [1.82, 2.24) is 4.98 Å². The Labute approximate surface area is 103 Å². The van der Waals surface area contributed by atoms with E-state index in [-0.39, 0.29) is 5.54 Å². The van der Waals surface area contributed by atoms with E-state index in [1.54, 1.807) is 0 Å². The highest BCUT2D eigenvalue weighted by molar-refractivity contribution is 5.84. The zero-order chi connectivity index (χ0) is 12.6. The van der Waals surface area contributed by atoms with Crippen LogP contribution in [0, 0.1) is 6.92 Å². The van der Waals surface area contributed by atoms with Crippen molar-refractivity contribution < 1.29 is 0 Å². The third kappa shape index (κ3) is 2.32. The first-order chi connectivity index (χ1) is 7.91. The molecule has 2 aromatic rings. The molecule has 0 bridgehead atoms. The van der Waals surface area contributed by atoms with Crippen molar-refractivity contribution in [3.8, 4) is 0 Å². The number of hydrogen-bond acceptors (Lipinski definition) is 2. The standard InChI is InChI=1S/C15H20N2/c1-5-11-6-7-14-12(9-11)13(15(3,4)16)8-10(2)17-14/h6-9H,5,16H2,1-4H3. The highest BCUT2D eigenvalue weighted by atomic mass is 14.7. The summed E-state index contributed by atoms with van der Waals surface area (Å²) in [6.07, 6.45) is 1.04. The summed E-state index contributed by atoms with van der Waals surface area (Å²) in [4.78, 5) is 4.57. The molecule has 1 heterocycles. The average molecular weight is 228 g/mol. The SMILES string of the molecule is CCc1ccc2nc(C)cc(C(C)(C)N)c2c1. The summed E-state index contributed by atoms with van der Waals surface area (Å²) in [5.41, 5.74) is 10.5. The van der Waals surface area contributed by atoms with Gasteiger partial charge in [0.25, 0.3) is 0 Å². The lowest BCUT2D eigenvalue weighted by Gasteiger charge is -2.22. The van der Waals surface area contributed by atoms with Crippen molar-refractivity contribution >= 4 is 10.9 Å². The smallest absolute Gasteiger partial charge is 0.0708 e. The fourth-order valence-corrected chi connectivity index (χ4v) is 2.16. The van der Waals surface area contributed by atoms with Gasteiger partial charge in [0.05, 0.1) is 5.52 Å². The molecule has 2 nitrogen and oxygen atoms in total. The van der Waals surface area contributed by atoms with E-state index in [0.29, 0.717) is 0 Å². The van der Waals surface area contributed by atoms with Crippen LogP contribution in [0.2, 0.25) is 0 Å². The average Bonchev–Trinajstić information content (AvgIpc) is 2.26. The van der Waals surface area contributed by atoms with Crippen molar-refractivity contribution in [2.24, 2.45) is 5.73 Å². The molecule has 1 aromatic carbocycles. The zero-order valence-corrected chi connectivity index (χ0v) is 11.0. The highest BCUT2D eigenvalue weighted by Gasteiger charge is 2.18. The van der Waals surface area contributed by atoms with E-state index in [1.165, 1.54) is 16.5 Å². The van der Waals surface area contributed by atoms with Gasteiger partial charge in [0.2, 0.25) is 0 Å². The summed E-state index contributed by atoms with van der Waals surface area (Å²) in [5, 5.41) is 1.18. The predicted octanol–water partition coefficient (Wildman–Crippen LogP) is 3.30. The molecule has 0 spiro atoms. The molecule has 2 N–H and O–H groups in total. The highest BCUT2D eigenvalue weighted by Crippen LogP contribution is 2.27. The van der Waals surface area contributed by atoms with Gasteiger partial charge in [-0.05, 0) is 56.5 Å². The predicted molar refractivity (Wildman–Crippen MR) is 73.1 cm³/mol. The molecule has 0 aliphatic carbocycles. The van der Waals surface area contributed by atoms with Gasteiger partial charge in [-0.15, -0.1) is 0 Å². The molecule has 2 heteroatoms. The van der Waals surface area contributed by atoms with Gasteiger partial charge >= 0.3 is 0 Å². The maximum absolute atomic E-state index is 6.26. The van der Waals surface area contributed by atoms with Gasteiger partial charge in [-0.2, -0.15) is 0 Å². The van der Waals surface area contributed by atoms with E-state index in [9.17, 15) is 0 Å². The first-order valence-corrected chi connectivity index (χ1v) is 6.11. The van der Waals surface area contributed by atoms with Crippen LogP contribution in [-0.2, 0) is 12.0 Å². The lowest BCUT2D eigenvalue weighted by atomic mass is 9.91. The number of aryl methyl sites for hydroxylation is 2. The number of aromatic nitrogens is 1. The Balaban J connectivity index is 2.80. The Morgan fingerprint density at radius 2 is 1.94 bits per heavy atom.